The molecular weight excluding hydrogens is 128 g/mol. The summed E-state index contributed by atoms with van der Waals surface area (Å²) in [6.45, 7) is 6.75. The van der Waals surface area contributed by atoms with E-state index in [0.717, 1.165) is 6.42 Å². The van der Waals surface area contributed by atoms with E-state index in [4.69, 9.17) is 9.76 Å². The van der Waals surface area contributed by atoms with Gasteiger partial charge in [-0.1, -0.05) is 36.6 Å². The van der Waals surface area contributed by atoms with Crippen LogP contribution < -0.4 is 0 Å². The van der Waals surface area contributed by atoms with Crippen LogP contribution in [0.15, 0.2) is 0 Å². The van der Waals surface area contributed by atoms with Crippen LogP contribution >= 0.6 is 0 Å². The largest absolute Gasteiger partial charge is 0 e. The maximum Gasteiger partial charge on any atom is 0 e. The van der Waals surface area contributed by atoms with Crippen LogP contribution in [0.1, 0.15) is 44.5 Å². The summed E-state index contributed by atoms with van der Waals surface area (Å²) >= 11 is 0. The summed E-state index contributed by atoms with van der Waals surface area (Å²) in [6, 6.07) is 0. The first-order valence-corrected chi connectivity index (χ1v) is 1.73. The molecule has 0 bridgehead atoms. The molecule has 0 aromatic carbocycles. The van der Waals surface area contributed by atoms with Crippen LogP contribution in [0.25, 0.3) is 0 Å². The third-order valence-electron chi connectivity index (χ3n) is 0.224. The van der Waals surface area contributed by atoms with Crippen molar-refractivity contribution in [2.45, 2.75) is 43.1 Å². The van der Waals surface area contributed by atoms with Crippen LogP contribution in [0, 0.1) is 6.65 Å². The maximum atomic E-state index is 7.88. The quantitative estimate of drug-likeness (QED) is 0.457. The number of aliphatic hydroxyl groups excluding tert-OH is 1. The minimum Gasteiger partial charge on any atom is 0 e. The van der Waals surface area contributed by atoms with Crippen LogP contribution in [0.5, 0.6) is 0 Å². The Morgan fingerprint density at radius 2 is 1.30 bits per heavy atom. The van der Waals surface area contributed by atoms with Crippen molar-refractivity contribution < 1.29 is 11.2 Å². The van der Waals surface area contributed by atoms with Crippen molar-refractivity contribution in [3.05, 3.63) is 6.65 Å². The number of hydrogen-bond donors (Lipinski definition) is 1. The molecule has 0 atom stereocenters. The number of hydrogen-bond acceptors (Lipinski definition) is 1. The Hall–Kier alpha value is -0.300. The van der Waals surface area contributed by atoms with Crippen molar-refractivity contribution in [1.82, 2.24) is 0 Å². The Labute approximate surface area is 68.5 Å². The fourth-order valence-corrected chi connectivity index (χ4v) is 0. The zero-order valence-corrected chi connectivity index (χ0v) is 3.77. The van der Waals surface area contributed by atoms with E-state index in [9.17, 15) is 0 Å². The molecule has 0 rings (SSSR count). The molecule has 1 N–H and O–H groups in total. The molecule has 0 aliphatic rings. The van der Waals surface area contributed by atoms with Gasteiger partial charge in [-0.15, -0.1) is 0 Å². The minimum atomic E-state index is 0. The van der Waals surface area contributed by atoms with Gasteiger partial charge in [-0.2, -0.15) is 0 Å². The van der Waals surface area contributed by atoms with Gasteiger partial charge in [0.1, 0.15) is 0 Å². The molecule has 0 unspecified atom stereocenters. The van der Waals surface area contributed by atoms with Crippen molar-refractivity contribution in [3.63, 3.8) is 0 Å². The van der Waals surface area contributed by atoms with E-state index in [-0.39, 0.29) is 31.1 Å². The second-order valence-corrected chi connectivity index (χ2v) is 0.724. The van der Waals surface area contributed by atoms with Crippen molar-refractivity contribution in [2.24, 2.45) is 0 Å². The Kier molecular flexibility index (Phi) is 957. The molecule has 0 heterocycles. The van der Waals surface area contributed by atoms with Crippen LogP contribution in [0.2, 0.25) is 0 Å². The molecule has 2 heteroatoms. The van der Waals surface area contributed by atoms with E-state index in [1.54, 1.807) is 0 Å². The Morgan fingerprint density at radius 1 is 1.20 bits per heavy atom. The van der Waals surface area contributed by atoms with Crippen molar-refractivity contribution in [1.29, 1.82) is 0 Å². The molecule has 0 saturated heterocycles. The first-order chi connectivity index (χ1) is 2.91. The zero-order chi connectivity index (χ0) is 5.41. The summed E-state index contributed by atoms with van der Waals surface area (Å²) < 4.78 is 7.50. The average Bonchev–Trinajstić information content (AvgIpc) is 1.72. The van der Waals surface area contributed by atoms with Gasteiger partial charge in [0.2, 0.25) is 0 Å². The van der Waals surface area contributed by atoms with Gasteiger partial charge in [-0.25, -0.2) is 0 Å². The first kappa shape index (κ1) is 53.6. The second-order valence-electron chi connectivity index (χ2n) is 0.724. The van der Waals surface area contributed by atoms with Crippen molar-refractivity contribution in [3.8, 4) is 0 Å². The third kappa shape index (κ3) is 705. The van der Waals surface area contributed by atoms with E-state index in [0.29, 0.717) is 6.61 Å². The number of rotatable bonds is 1. The van der Waals surface area contributed by atoms with Gasteiger partial charge in [-0.05, 0) is 6.42 Å². The molecule has 0 radical (unpaired) electrons. The maximum absolute atomic E-state index is 7.88. The van der Waals surface area contributed by atoms with Crippen LogP contribution in [-0.4, -0.2) is 11.7 Å². The predicted molar refractivity (Wildman–Crippen MR) is 50.3 cm³/mol. The van der Waals surface area contributed by atoms with E-state index in [1.807, 2.05) is 6.92 Å². The molecule has 70 valence electrons. The number of aliphatic hydroxyl groups is 1. The third-order valence-corrected chi connectivity index (χ3v) is 0.224. The minimum absolute atomic E-state index is 0. The van der Waals surface area contributed by atoms with Gasteiger partial charge in [0.15, 0.2) is 0 Å². The topological polar surface area (TPSA) is 40.1 Å². The molecule has 0 spiro atoms. The van der Waals surface area contributed by atoms with Gasteiger partial charge in [0.05, 0.1) is 0 Å². The Morgan fingerprint density at radius 3 is 1.30 bits per heavy atom. The zero-order valence-electron chi connectivity index (χ0n) is 3.77. The first-order valence-electron chi connectivity index (χ1n) is 1.73. The summed E-state index contributed by atoms with van der Waals surface area (Å²) in [5.41, 5.74) is 0. The van der Waals surface area contributed by atoms with Gasteiger partial charge in [-0.3, -0.25) is 0 Å². The normalized spacial score (nSPS) is 3.20. The smallest absolute Gasteiger partial charge is 0 e. The SMILES string of the molecule is C.C.C.C.CCCO.[C-]#[O+].[HH]. The second kappa shape index (κ2) is 178. The van der Waals surface area contributed by atoms with Gasteiger partial charge >= 0.3 is 11.3 Å². The summed E-state index contributed by atoms with van der Waals surface area (Å²) in [7, 11) is 0. The van der Waals surface area contributed by atoms with Gasteiger partial charge in [0.25, 0.3) is 0 Å². The standard InChI is InChI=1S/C3H8O.CO.4CH4.H2/c1-2-3-4;1-2;;;;;/h4H,2-3H2,1H3;;4*1H4;1H. The Bertz CT molecular complexity index is 28.5. The van der Waals surface area contributed by atoms with Crippen LogP contribution in [0.3, 0.4) is 0 Å². The van der Waals surface area contributed by atoms with E-state index in [2.05, 4.69) is 6.65 Å². The van der Waals surface area contributed by atoms with Crippen molar-refractivity contribution in [2.75, 3.05) is 6.61 Å². The van der Waals surface area contributed by atoms with Crippen molar-refractivity contribution >= 4 is 0 Å². The molecule has 0 aromatic rings. The van der Waals surface area contributed by atoms with E-state index >= 15 is 0 Å². The molecule has 10 heavy (non-hydrogen) atoms. The molecule has 0 aromatic heterocycles. The monoisotopic (exact) mass is 154 g/mol. The van der Waals surface area contributed by atoms with Gasteiger partial charge < -0.3 is 5.11 Å². The average molecular weight is 154 g/mol. The van der Waals surface area contributed by atoms with E-state index in [1.165, 1.54) is 0 Å². The predicted octanol–water partition coefficient (Wildman–Crippen LogP) is 3.14. The molecular formula is C8H26O2. The fraction of sp³-hybridized carbons (Fsp3) is 0.875. The van der Waals surface area contributed by atoms with E-state index < -0.39 is 0 Å². The fourth-order valence-electron chi connectivity index (χ4n) is 0. The molecule has 0 fully saturated rings. The molecule has 0 aliphatic heterocycles. The summed E-state index contributed by atoms with van der Waals surface area (Å²) in [4.78, 5) is 0. The van der Waals surface area contributed by atoms with Crippen LogP contribution in [0.4, 0.5) is 0 Å². The van der Waals surface area contributed by atoms with Gasteiger partial charge in [0, 0.05) is 8.03 Å². The molecule has 0 aliphatic carbocycles. The summed E-state index contributed by atoms with van der Waals surface area (Å²) in [6.07, 6.45) is 0.875. The van der Waals surface area contributed by atoms with Crippen LogP contribution in [-0.2, 0) is 4.65 Å². The molecule has 0 amide bonds. The summed E-state index contributed by atoms with van der Waals surface area (Å²) in [5, 5.41) is 7.88. The Balaban J connectivity index is -0.00000000432. The summed E-state index contributed by atoms with van der Waals surface area (Å²) in [5.74, 6) is 0. The molecule has 0 saturated carbocycles. The molecule has 2 nitrogen and oxygen atoms in total.